The van der Waals surface area contributed by atoms with Crippen LogP contribution in [0.1, 0.15) is 37.8 Å². The molecule has 0 aliphatic carbocycles. The first-order valence-electron chi connectivity index (χ1n) is 9.83. The Kier molecular flexibility index (Phi) is 9.02. The van der Waals surface area contributed by atoms with Gasteiger partial charge in [-0.15, -0.1) is 12.4 Å². The average Bonchev–Trinajstić information content (AvgIpc) is 2.68. The SMILES string of the molecule is CC(NC(=O)CN1CCNCC1c1cccc(Cl)c1)C(=O)N1CCCCC1.Cl. The molecule has 2 unspecified atom stereocenters. The van der Waals surface area contributed by atoms with Crippen molar-refractivity contribution in [3.8, 4) is 0 Å². The van der Waals surface area contributed by atoms with Gasteiger partial charge in [-0.2, -0.15) is 0 Å². The quantitative estimate of drug-likeness (QED) is 0.754. The summed E-state index contributed by atoms with van der Waals surface area (Å²) in [7, 11) is 0. The van der Waals surface area contributed by atoms with E-state index in [0.29, 0.717) is 5.02 Å². The van der Waals surface area contributed by atoms with Gasteiger partial charge in [-0.1, -0.05) is 23.7 Å². The van der Waals surface area contributed by atoms with Crippen molar-refractivity contribution in [2.45, 2.75) is 38.3 Å². The molecule has 0 spiro atoms. The minimum atomic E-state index is -0.483. The van der Waals surface area contributed by atoms with Crippen molar-refractivity contribution in [2.75, 3.05) is 39.3 Å². The zero-order valence-corrected chi connectivity index (χ0v) is 17.9. The molecule has 1 aromatic rings. The molecule has 0 saturated carbocycles. The van der Waals surface area contributed by atoms with Crippen molar-refractivity contribution in [1.29, 1.82) is 0 Å². The highest BCUT2D eigenvalue weighted by Crippen LogP contribution is 2.24. The van der Waals surface area contributed by atoms with Gasteiger partial charge in [0, 0.05) is 43.8 Å². The van der Waals surface area contributed by atoms with Gasteiger partial charge in [0.25, 0.3) is 0 Å². The van der Waals surface area contributed by atoms with Crippen LogP contribution in [-0.2, 0) is 9.59 Å². The summed E-state index contributed by atoms with van der Waals surface area (Å²) in [6.07, 6.45) is 3.28. The van der Waals surface area contributed by atoms with E-state index < -0.39 is 6.04 Å². The van der Waals surface area contributed by atoms with Crippen molar-refractivity contribution < 1.29 is 9.59 Å². The Labute approximate surface area is 178 Å². The van der Waals surface area contributed by atoms with Crippen LogP contribution < -0.4 is 10.6 Å². The fourth-order valence-corrected chi connectivity index (χ4v) is 4.10. The van der Waals surface area contributed by atoms with E-state index in [4.69, 9.17) is 11.6 Å². The molecular weight excluding hydrogens is 399 g/mol. The van der Waals surface area contributed by atoms with E-state index in [9.17, 15) is 9.59 Å². The Hall–Kier alpha value is -1.34. The third-order valence-electron chi connectivity index (χ3n) is 5.35. The number of carbonyl (C=O) groups is 2. The van der Waals surface area contributed by atoms with Crippen LogP contribution in [0.4, 0.5) is 0 Å². The smallest absolute Gasteiger partial charge is 0.244 e. The molecule has 0 radical (unpaired) electrons. The Bertz CT molecular complexity index is 667. The first kappa shape index (κ1) is 22.9. The standard InChI is InChI=1S/C20H29ClN4O2.ClH/c1-15(20(27)24-9-3-2-4-10-24)23-19(26)14-25-11-8-22-13-18(25)16-6-5-7-17(21)12-16;/h5-7,12,15,18,22H,2-4,8-11,13-14H2,1H3,(H,23,26);1H. The predicted molar refractivity (Wildman–Crippen MR) is 114 cm³/mol. The molecule has 2 heterocycles. The molecule has 2 N–H and O–H groups in total. The maximum atomic E-state index is 12.6. The second kappa shape index (κ2) is 11.0. The molecule has 2 aliphatic rings. The number of hydrogen-bond donors (Lipinski definition) is 2. The summed E-state index contributed by atoms with van der Waals surface area (Å²) in [5.41, 5.74) is 1.10. The maximum absolute atomic E-state index is 12.6. The number of halogens is 2. The van der Waals surface area contributed by atoms with Crippen LogP contribution in [0.2, 0.25) is 5.02 Å². The molecule has 6 nitrogen and oxygen atoms in total. The van der Waals surface area contributed by atoms with Gasteiger partial charge in [0.1, 0.15) is 6.04 Å². The molecule has 0 aromatic heterocycles. The summed E-state index contributed by atoms with van der Waals surface area (Å²) in [5, 5.41) is 6.97. The van der Waals surface area contributed by atoms with Gasteiger partial charge in [-0.25, -0.2) is 0 Å². The van der Waals surface area contributed by atoms with Gasteiger partial charge >= 0.3 is 0 Å². The molecule has 3 rings (SSSR count). The number of piperazine rings is 1. The number of hydrogen-bond acceptors (Lipinski definition) is 4. The molecule has 2 atom stereocenters. The fourth-order valence-electron chi connectivity index (χ4n) is 3.90. The van der Waals surface area contributed by atoms with Gasteiger partial charge in [0.15, 0.2) is 0 Å². The lowest BCUT2D eigenvalue weighted by Gasteiger charge is -2.36. The molecule has 2 fully saturated rings. The van der Waals surface area contributed by atoms with Crippen LogP contribution in [0.15, 0.2) is 24.3 Å². The molecule has 0 bridgehead atoms. The summed E-state index contributed by atoms with van der Waals surface area (Å²) in [6.45, 7) is 6.04. The average molecular weight is 429 g/mol. The lowest BCUT2D eigenvalue weighted by molar-refractivity contribution is -0.137. The Morgan fingerprint density at radius 1 is 1.25 bits per heavy atom. The van der Waals surface area contributed by atoms with E-state index in [0.717, 1.165) is 51.1 Å². The first-order valence-corrected chi connectivity index (χ1v) is 10.2. The van der Waals surface area contributed by atoms with E-state index in [1.807, 2.05) is 29.2 Å². The van der Waals surface area contributed by atoms with Crippen LogP contribution in [0, 0.1) is 0 Å². The van der Waals surface area contributed by atoms with Crippen LogP contribution >= 0.6 is 24.0 Å². The number of rotatable bonds is 5. The summed E-state index contributed by atoms with van der Waals surface area (Å²) in [6, 6.07) is 7.39. The summed E-state index contributed by atoms with van der Waals surface area (Å²) < 4.78 is 0. The van der Waals surface area contributed by atoms with Crippen molar-refractivity contribution in [2.24, 2.45) is 0 Å². The Morgan fingerprint density at radius 3 is 2.71 bits per heavy atom. The second-order valence-electron chi connectivity index (χ2n) is 7.42. The number of nitrogens with zero attached hydrogens (tertiary/aromatic N) is 2. The summed E-state index contributed by atoms with van der Waals surface area (Å²) in [5.74, 6) is -0.0865. The third kappa shape index (κ3) is 6.08. The Balaban J connectivity index is 0.00000280. The maximum Gasteiger partial charge on any atom is 0.244 e. The molecule has 156 valence electrons. The normalized spacial score (nSPS) is 21.5. The van der Waals surface area contributed by atoms with E-state index >= 15 is 0 Å². The second-order valence-corrected chi connectivity index (χ2v) is 7.86. The third-order valence-corrected chi connectivity index (χ3v) is 5.59. The lowest BCUT2D eigenvalue weighted by atomic mass is 10.0. The molecular formula is C20H30Cl2N4O2. The van der Waals surface area contributed by atoms with Crippen molar-refractivity contribution in [3.05, 3.63) is 34.9 Å². The van der Waals surface area contributed by atoms with Crippen LogP contribution in [0.5, 0.6) is 0 Å². The van der Waals surface area contributed by atoms with Gasteiger partial charge in [-0.3, -0.25) is 14.5 Å². The molecule has 28 heavy (non-hydrogen) atoms. The number of nitrogens with one attached hydrogen (secondary N) is 2. The first-order chi connectivity index (χ1) is 13.0. The van der Waals surface area contributed by atoms with Gasteiger partial charge in [0.05, 0.1) is 6.54 Å². The topological polar surface area (TPSA) is 64.7 Å². The highest BCUT2D eigenvalue weighted by Gasteiger charge is 2.28. The summed E-state index contributed by atoms with van der Waals surface area (Å²) >= 11 is 6.13. The highest BCUT2D eigenvalue weighted by molar-refractivity contribution is 6.30. The van der Waals surface area contributed by atoms with E-state index in [1.165, 1.54) is 6.42 Å². The van der Waals surface area contributed by atoms with Crippen LogP contribution in [0.3, 0.4) is 0 Å². The number of likely N-dealkylation sites (tertiary alicyclic amines) is 1. The van der Waals surface area contributed by atoms with Gasteiger partial charge in [0.2, 0.25) is 11.8 Å². The van der Waals surface area contributed by atoms with E-state index in [2.05, 4.69) is 15.5 Å². The van der Waals surface area contributed by atoms with E-state index in [-0.39, 0.29) is 36.8 Å². The van der Waals surface area contributed by atoms with Crippen LogP contribution in [0.25, 0.3) is 0 Å². The molecule has 2 saturated heterocycles. The number of piperidine rings is 1. The minimum absolute atomic E-state index is 0. The van der Waals surface area contributed by atoms with Crippen molar-refractivity contribution in [1.82, 2.24) is 20.4 Å². The summed E-state index contributed by atoms with van der Waals surface area (Å²) in [4.78, 5) is 29.1. The molecule has 2 amide bonds. The van der Waals surface area contributed by atoms with Crippen LogP contribution in [-0.4, -0.2) is 66.9 Å². The van der Waals surface area contributed by atoms with Gasteiger partial charge in [-0.05, 0) is 43.9 Å². The number of carbonyl (C=O) groups excluding carboxylic acids is 2. The van der Waals surface area contributed by atoms with Gasteiger partial charge < -0.3 is 15.5 Å². The minimum Gasteiger partial charge on any atom is -0.343 e. The Morgan fingerprint density at radius 2 is 2.00 bits per heavy atom. The zero-order valence-electron chi connectivity index (χ0n) is 16.3. The van der Waals surface area contributed by atoms with Crippen molar-refractivity contribution >= 4 is 35.8 Å². The molecule has 2 aliphatic heterocycles. The highest BCUT2D eigenvalue weighted by atomic mass is 35.5. The van der Waals surface area contributed by atoms with E-state index in [1.54, 1.807) is 6.92 Å². The van der Waals surface area contributed by atoms with Crippen molar-refractivity contribution in [3.63, 3.8) is 0 Å². The fraction of sp³-hybridized carbons (Fsp3) is 0.600. The number of benzene rings is 1. The largest absolute Gasteiger partial charge is 0.343 e. The monoisotopic (exact) mass is 428 g/mol. The molecule has 1 aromatic carbocycles. The lowest BCUT2D eigenvalue weighted by Crippen LogP contribution is -2.53. The molecule has 8 heteroatoms. The predicted octanol–water partition coefficient (Wildman–Crippen LogP) is 2.23. The zero-order chi connectivity index (χ0) is 19.2. The number of amides is 2.